The van der Waals surface area contributed by atoms with Gasteiger partial charge in [-0.1, -0.05) is 0 Å². The van der Waals surface area contributed by atoms with Crippen molar-refractivity contribution in [3.05, 3.63) is 0 Å². The van der Waals surface area contributed by atoms with Crippen molar-refractivity contribution < 1.29 is 0 Å². The van der Waals surface area contributed by atoms with Crippen molar-refractivity contribution in [2.24, 2.45) is 0 Å². The van der Waals surface area contributed by atoms with E-state index in [4.69, 9.17) is 0 Å². The third-order valence-corrected chi connectivity index (χ3v) is 12.5. The van der Waals surface area contributed by atoms with Gasteiger partial charge in [-0.3, -0.25) is 0 Å². The van der Waals surface area contributed by atoms with Gasteiger partial charge >= 0.3 is 60.7 Å². The van der Waals surface area contributed by atoms with Crippen molar-refractivity contribution in [2.75, 3.05) is 0 Å². The van der Waals surface area contributed by atoms with Crippen molar-refractivity contribution in [3.63, 3.8) is 0 Å². The first-order chi connectivity index (χ1) is 3.12. The minimum atomic E-state index is -0.611. The van der Waals surface area contributed by atoms with Gasteiger partial charge in [0.25, 0.3) is 0 Å². The Labute approximate surface area is 60.8 Å². The van der Waals surface area contributed by atoms with E-state index < -0.39 is 8.07 Å². The van der Waals surface area contributed by atoms with Gasteiger partial charge in [0, 0.05) is 0 Å². The predicted molar refractivity (Wildman–Crippen MR) is 38.5 cm³/mol. The van der Waals surface area contributed by atoms with Crippen LogP contribution in [-0.4, -0.2) is 30.6 Å². The van der Waals surface area contributed by atoms with Gasteiger partial charge in [0.05, 0.1) is 0 Å². The Morgan fingerprint density at radius 2 is 1.86 bits per heavy atom. The van der Waals surface area contributed by atoms with Crippen LogP contribution in [0.15, 0.2) is 0 Å². The molecule has 0 radical (unpaired) electrons. The van der Waals surface area contributed by atoms with E-state index >= 15 is 0 Å². The van der Waals surface area contributed by atoms with Crippen LogP contribution in [0.3, 0.4) is 0 Å². The van der Waals surface area contributed by atoms with E-state index in [-0.39, 0.29) is 0 Å². The van der Waals surface area contributed by atoms with Crippen LogP contribution in [-0.2, 0) is 0 Å². The Bertz CT molecular complexity index is 46.0. The van der Waals surface area contributed by atoms with Crippen molar-refractivity contribution >= 4 is 30.6 Å². The van der Waals surface area contributed by atoms with Gasteiger partial charge < -0.3 is 0 Å². The Hall–Kier alpha value is 1.02. The SMILES string of the molecule is CC[Si](C)(C)[CH2][Sn+3]. The molecule has 0 saturated carbocycles. The molecule has 0 nitrogen and oxygen atoms in total. The summed E-state index contributed by atoms with van der Waals surface area (Å²) < 4.78 is 1.52. The molecule has 0 aromatic carbocycles. The fourth-order valence-electron chi connectivity index (χ4n) is 0.125. The molecule has 0 heterocycles. The molecule has 38 valence electrons. The predicted octanol–water partition coefficient (Wildman–Crippen LogP) is 1.84. The van der Waals surface area contributed by atoms with Crippen LogP contribution in [0.25, 0.3) is 0 Å². The van der Waals surface area contributed by atoms with Crippen LogP contribution in [0, 0.1) is 0 Å². The van der Waals surface area contributed by atoms with E-state index in [1.165, 1.54) is 10.1 Å². The number of hydrogen-bond donors (Lipinski definition) is 0. The first kappa shape index (κ1) is 8.02. The molecule has 0 atom stereocenters. The molecule has 0 amide bonds. The summed E-state index contributed by atoms with van der Waals surface area (Å²) in [7, 11) is -0.611. The average Bonchev–Trinajstić information content (AvgIpc) is 1.68. The van der Waals surface area contributed by atoms with Crippen LogP contribution in [0.4, 0.5) is 0 Å². The van der Waals surface area contributed by atoms with E-state index in [2.05, 4.69) is 20.0 Å². The molecule has 0 aromatic heterocycles. The van der Waals surface area contributed by atoms with Gasteiger partial charge in [-0.2, -0.15) is 0 Å². The summed E-state index contributed by atoms with van der Waals surface area (Å²) in [5, 5.41) is 0. The molecule has 0 saturated heterocycles. The molecule has 0 aromatic rings. The van der Waals surface area contributed by atoms with Crippen LogP contribution in [0.1, 0.15) is 6.92 Å². The zero-order chi connectivity index (χ0) is 5.91. The summed E-state index contributed by atoms with van der Waals surface area (Å²) in [5.41, 5.74) is 0. The summed E-state index contributed by atoms with van der Waals surface area (Å²) in [6, 6.07) is 1.46. The molecule has 2 heteroatoms. The summed E-state index contributed by atoms with van der Waals surface area (Å²) >= 11 is 1.73. The quantitative estimate of drug-likeness (QED) is 0.623. The van der Waals surface area contributed by atoms with Gasteiger partial charge in [-0.05, 0) is 0 Å². The van der Waals surface area contributed by atoms with Crippen LogP contribution >= 0.6 is 0 Å². The topological polar surface area (TPSA) is 0 Å². The molecule has 0 spiro atoms. The van der Waals surface area contributed by atoms with E-state index in [1.54, 1.807) is 22.5 Å². The van der Waals surface area contributed by atoms with Gasteiger partial charge in [0.1, 0.15) is 0 Å². The summed E-state index contributed by atoms with van der Waals surface area (Å²) in [6.45, 7) is 7.24. The standard InChI is InChI=1S/C5H13Si.Sn/c1-5-6(2,3)4;/h2,5H2,1,3-4H3;/q;+3. The van der Waals surface area contributed by atoms with Gasteiger partial charge in [-0.25, -0.2) is 0 Å². The molecule has 0 bridgehead atoms. The van der Waals surface area contributed by atoms with Crippen LogP contribution < -0.4 is 0 Å². The van der Waals surface area contributed by atoms with Crippen molar-refractivity contribution in [3.8, 4) is 0 Å². The molecular weight excluding hydrogens is 207 g/mol. The van der Waals surface area contributed by atoms with Crippen LogP contribution in [0.5, 0.6) is 0 Å². The van der Waals surface area contributed by atoms with E-state index in [0.717, 1.165) is 0 Å². The van der Waals surface area contributed by atoms with Gasteiger partial charge in [0.15, 0.2) is 0 Å². The van der Waals surface area contributed by atoms with E-state index in [1.807, 2.05) is 0 Å². The van der Waals surface area contributed by atoms with Crippen molar-refractivity contribution in [1.29, 1.82) is 0 Å². The second-order valence-corrected chi connectivity index (χ2v) is 11.1. The fourth-order valence-corrected chi connectivity index (χ4v) is 2.52. The molecule has 0 fully saturated rings. The Morgan fingerprint density at radius 1 is 1.43 bits per heavy atom. The number of hydrogen-bond acceptors (Lipinski definition) is 0. The first-order valence-electron chi connectivity index (χ1n) is 2.77. The summed E-state index contributed by atoms with van der Waals surface area (Å²) in [4.78, 5) is 0. The molecule has 0 aliphatic carbocycles. The van der Waals surface area contributed by atoms with Crippen molar-refractivity contribution in [1.82, 2.24) is 0 Å². The normalized spacial score (nSPS) is 12.1. The average molecular weight is 220 g/mol. The second kappa shape index (κ2) is 3.12. The monoisotopic (exact) mass is 221 g/mol. The Balaban J connectivity index is 3.36. The van der Waals surface area contributed by atoms with Crippen molar-refractivity contribution in [2.45, 2.75) is 30.1 Å². The van der Waals surface area contributed by atoms with Gasteiger partial charge in [0.2, 0.25) is 0 Å². The second-order valence-electron chi connectivity index (χ2n) is 2.69. The van der Waals surface area contributed by atoms with Crippen LogP contribution in [0.2, 0.25) is 23.2 Å². The van der Waals surface area contributed by atoms with E-state index in [9.17, 15) is 0 Å². The minimum absolute atomic E-state index is 0.611. The molecule has 0 aliphatic heterocycles. The molecule has 0 rings (SSSR count). The molecule has 0 unspecified atom stereocenters. The van der Waals surface area contributed by atoms with E-state index in [0.29, 0.717) is 0 Å². The summed E-state index contributed by atoms with van der Waals surface area (Å²) in [6.07, 6.45) is 0. The molecule has 7 heavy (non-hydrogen) atoms. The Morgan fingerprint density at radius 3 is 1.86 bits per heavy atom. The van der Waals surface area contributed by atoms with Gasteiger partial charge in [-0.15, -0.1) is 0 Å². The zero-order valence-corrected chi connectivity index (χ0v) is 9.27. The molecular formula is C5H13SiSn+3. The Kier molecular flexibility index (Phi) is 3.58. The molecule has 0 aliphatic rings. The third-order valence-electron chi connectivity index (χ3n) is 1.44. The third kappa shape index (κ3) is 3.59. The zero-order valence-electron chi connectivity index (χ0n) is 5.41. The summed E-state index contributed by atoms with van der Waals surface area (Å²) in [5.74, 6) is 0. The maximum atomic E-state index is 2.46. The first-order valence-corrected chi connectivity index (χ1v) is 8.20. The fraction of sp³-hybridized carbons (Fsp3) is 1.00. The molecule has 0 N–H and O–H groups in total. The number of rotatable bonds is 2. The maximum absolute atomic E-state index is 2.46.